The fourth-order valence-corrected chi connectivity index (χ4v) is 6.91. The number of Topliss-reactive ketones (excluding diaryl/α,β-unsaturated/α-hetero) is 2. The van der Waals surface area contributed by atoms with Gasteiger partial charge in [-0.3, -0.25) is 9.59 Å². The molecule has 0 amide bonds. The topological polar surface area (TPSA) is 47.1 Å². The van der Waals surface area contributed by atoms with Gasteiger partial charge in [0.1, 0.15) is 0 Å². The van der Waals surface area contributed by atoms with Crippen LogP contribution in [0.15, 0.2) is 106 Å². The van der Waals surface area contributed by atoms with Crippen LogP contribution in [-0.2, 0) is 0 Å². The highest BCUT2D eigenvalue weighted by molar-refractivity contribution is 8.02. The number of hydrogen-bond acceptors (Lipinski definition) is 8. The van der Waals surface area contributed by atoms with Gasteiger partial charge in [0.25, 0.3) is 0 Å². The summed E-state index contributed by atoms with van der Waals surface area (Å²) in [5.41, 5.74) is 5.16. The van der Waals surface area contributed by atoms with Crippen molar-refractivity contribution < 1.29 is 9.59 Å². The highest BCUT2D eigenvalue weighted by atomic mass is 32.2. The Labute approximate surface area is 245 Å². The predicted molar refractivity (Wildman–Crippen MR) is 169 cm³/mol. The summed E-state index contributed by atoms with van der Waals surface area (Å²) in [5.74, 6) is 0.142. The lowest BCUT2D eigenvalue weighted by molar-refractivity contribution is 0.102. The lowest BCUT2D eigenvalue weighted by Gasteiger charge is -2.39. The monoisotopic (exact) mass is 570 g/mol. The van der Waals surface area contributed by atoms with E-state index in [-0.39, 0.29) is 11.6 Å². The predicted octanol–water partition coefficient (Wildman–Crippen LogP) is 6.02. The molecule has 0 saturated carbocycles. The van der Waals surface area contributed by atoms with E-state index in [1.165, 1.54) is 0 Å². The Morgan fingerprint density at radius 3 is 1.25 bits per heavy atom. The number of carbonyl (C=O) groups excluding carboxylic acids is 2. The second kappa shape index (κ2) is 12.3. The first-order valence-electron chi connectivity index (χ1n) is 13.2. The average molecular weight is 571 g/mol. The van der Waals surface area contributed by atoms with Crippen molar-refractivity contribution in [2.75, 3.05) is 62.8 Å². The molecule has 8 heteroatoms. The first kappa shape index (κ1) is 27.9. The van der Waals surface area contributed by atoms with Gasteiger partial charge in [-0.15, -0.1) is 23.5 Å². The number of anilines is 2. The van der Waals surface area contributed by atoms with Crippen LogP contribution in [0.1, 0.15) is 20.7 Å². The minimum absolute atomic E-state index is 0.0708. The highest BCUT2D eigenvalue weighted by Crippen LogP contribution is 2.34. The number of benzene rings is 3. The molecule has 3 aromatic carbocycles. The Morgan fingerprint density at radius 2 is 0.925 bits per heavy atom. The van der Waals surface area contributed by atoms with Crippen LogP contribution in [0.5, 0.6) is 0 Å². The number of ketones is 2. The van der Waals surface area contributed by atoms with E-state index in [4.69, 9.17) is 0 Å². The molecule has 6 nitrogen and oxygen atoms in total. The van der Waals surface area contributed by atoms with Gasteiger partial charge in [0.05, 0.1) is 36.5 Å². The van der Waals surface area contributed by atoms with Crippen LogP contribution < -0.4 is 9.80 Å². The Hall–Kier alpha value is -3.62. The van der Waals surface area contributed by atoms with Crippen LogP contribution in [0.25, 0.3) is 0 Å². The Morgan fingerprint density at radius 1 is 0.575 bits per heavy atom. The molecule has 0 saturated heterocycles. The highest BCUT2D eigenvalue weighted by Gasteiger charge is 2.29. The smallest absolute Gasteiger partial charge is 0.193 e. The number of carbonyl (C=O) groups is 2. The van der Waals surface area contributed by atoms with E-state index in [2.05, 4.69) is 43.9 Å². The zero-order valence-corrected chi connectivity index (χ0v) is 25.0. The first-order chi connectivity index (χ1) is 19.4. The van der Waals surface area contributed by atoms with Crippen LogP contribution in [0.3, 0.4) is 0 Å². The summed E-state index contributed by atoms with van der Waals surface area (Å²) in [5, 5.41) is 2.04. The number of rotatable bonds is 8. The second-order valence-corrected chi connectivity index (χ2v) is 11.5. The van der Waals surface area contributed by atoms with Crippen molar-refractivity contribution in [3.63, 3.8) is 0 Å². The molecule has 0 aliphatic carbocycles. The standard InChI is InChI=1S/C32H34N4O2S2/c1-33-21-35(19-27(31(33)39-3)29(37)23-11-7-5-8-12-23)25-15-17-26(18-16-25)36-20-28(32(40-4)34(2)22-36)30(38)24-13-9-6-10-14-24/h5-18H,19-22H2,1-4H3. The Balaban J connectivity index is 1.37. The molecule has 0 aromatic heterocycles. The van der Waals surface area contributed by atoms with Gasteiger partial charge in [-0.05, 0) is 36.8 Å². The summed E-state index contributed by atoms with van der Waals surface area (Å²) in [6, 6.07) is 27.5. The molecule has 2 aliphatic rings. The fourth-order valence-electron chi connectivity index (χ4n) is 5.36. The van der Waals surface area contributed by atoms with E-state index in [0.29, 0.717) is 37.6 Å². The number of hydrogen-bond donors (Lipinski definition) is 0. The molecule has 0 fully saturated rings. The molecule has 40 heavy (non-hydrogen) atoms. The van der Waals surface area contributed by atoms with Crippen LogP contribution in [0, 0.1) is 0 Å². The SMILES string of the molecule is CSC1=C(C(=O)c2ccccc2)CN(c2ccc(N3CC(C(=O)c4ccccc4)=C(SC)N(C)C3)cc2)CN1C. The van der Waals surface area contributed by atoms with Crippen molar-refractivity contribution in [2.45, 2.75) is 0 Å². The van der Waals surface area contributed by atoms with Gasteiger partial charge in [-0.1, -0.05) is 60.7 Å². The minimum atomic E-state index is 0.0708. The summed E-state index contributed by atoms with van der Waals surface area (Å²) in [7, 11) is 4.07. The second-order valence-electron chi connectivity index (χ2n) is 9.96. The largest absolute Gasteiger partial charge is 0.351 e. The van der Waals surface area contributed by atoms with Crippen LogP contribution in [0.2, 0.25) is 0 Å². The summed E-state index contributed by atoms with van der Waals surface area (Å²) in [4.78, 5) is 35.7. The van der Waals surface area contributed by atoms with Crippen molar-refractivity contribution >= 4 is 46.5 Å². The van der Waals surface area contributed by atoms with Gasteiger partial charge in [-0.25, -0.2) is 0 Å². The maximum atomic E-state index is 13.5. The molecule has 206 valence electrons. The van der Waals surface area contributed by atoms with Gasteiger partial charge in [0.15, 0.2) is 11.6 Å². The van der Waals surface area contributed by atoms with Crippen LogP contribution in [-0.4, -0.2) is 74.4 Å². The molecular formula is C32H34N4O2S2. The fraction of sp³-hybridized carbons (Fsp3) is 0.250. The van der Waals surface area contributed by atoms with Crippen molar-refractivity contribution in [1.29, 1.82) is 0 Å². The van der Waals surface area contributed by atoms with Gasteiger partial charge in [0.2, 0.25) is 0 Å². The number of nitrogens with zero attached hydrogens (tertiary/aromatic N) is 4. The van der Waals surface area contributed by atoms with Crippen LogP contribution >= 0.6 is 23.5 Å². The summed E-state index contributed by atoms with van der Waals surface area (Å²) in [6.45, 7) is 2.50. The van der Waals surface area contributed by atoms with E-state index < -0.39 is 0 Å². The molecule has 0 spiro atoms. The third-order valence-corrected chi connectivity index (χ3v) is 9.15. The van der Waals surface area contributed by atoms with E-state index in [1.54, 1.807) is 23.5 Å². The molecule has 0 bridgehead atoms. The summed E-state index contributed by atoms with van der Waals surface area (Å²) >= 11 is 3.24. The normalized spacial score (nSPS) is 16.1. The quantitative estimate of drug-likeness (QED) is 0.305. The van der Waals surface area contributed by atoms with E-state index >= 15 is 0 Å². The molecular weight excluding hydrogens is 537 g/mol. The molecule has 5 rings (SSSR count). The zero-order chi connectivity index (χ0) is 28.2. The molecule has 2 aliphatic heterocycles. The molecule has 0 radical (unpaired) electrons. The average Bonchev–Trinajstić information content (AvgIpc) is 3.00. The Bertz CT molecular complexity index is 1330. The van der Waals surface area contributed by atoms with E-state index in [1.807, 2.05) is 87.3 Å². The molecule has 0 atom stereocenters. The third-order valence-electron chi connectivity index (χ3n) is 7.26. The maximum Gasteiger partial charge on any atom is 0.193 e. The molecule has 0 N–H and O–H groups in total. The number of thioether (sulfide) groups is 2. The van der Waals surface area contributed by atoms with Crippen molar-refractivity contribution in [1.82, 2.24) is 9.80 Å². The lowest BCUT2D eigenvalue weighted by Crippen LogP contribution is -2.43. The van der Waals surface area contributed by atoms with Crippen LogP contribution in [0.4, 0.5) is 11.4 Å². The minimum Gasteiger partial charge on any atom is -0.351 e. The van der Waals surface area contributed by atoms with Gasteiger partial charge >= 0.3 is 0 Å². The summed E-state index contributed by atoms with van der Waals surface area (Å²) < 4.78 is 0. The van der Waals surface area contributed by atoms with Crippen molar-refractivity contribution in [3.05, 3.63) is 117 Å². The van der Waals surface area contributed by atoms with E-state index in [9.17, 15) is 9.59 Å². The molecule has 3 aromatic rings. The van der Waals surface area contributed by atoms with Gasteiger partial charge in [0, 0.05) is 47.7 Å². The first-order valence-corrected chi connectivity index (χ1v) is 15.6. The van der Waals surface area contributed by atoms with Crippen molar-refractivity contribution in [3.8, 4) is 0 Å². The summed E-state index contributed by atoms with van der Waals surface area (Å²) in [6.07, 6.45) is 4.05. The zero-order valence-electron chi connectivity index (χ0n) is 23.3. The van der Waals surface area contributed by atoms with E-state index in [0.717, 1.165) is 32.6 Å². The third kappa shape index (κ3) is 5.64. The Kier molecular flexibility index (Phi) is 8.57. The van der Waals surface area contributed by atoms with Crippen molar-refractivity contribution in [2.24, 2.45) is 0 Å². The molecule has 0 unspecified atom stereocenters. The van der Waals surface area contributed by atoms with Gasteiger partial charge in [-0.2, -0.15) is 0 Å². The van der Waals surface area contributed by atoms with Gasteiger partial charge < -0.3 is 19.6 Å². The maximum absolute atomic E-state index is 13.5. The lowest BCUT2D eigenvalue weighted by atomic mass is 10.0. The molecule has 2 heterocycles.